The molecule has 1 heterocycles. The van der Waals surface area contributed by atoms with Gasteiger partial charge in [-0.15, -0.1) is 0 Å². The minimum absolute atomic E-state index is 0.00281. The summed E-state index contributed by atoms with van der Waals surface area (Å²) in [5.74, 6) is -0.193. The first kappa shape index (κ1) is 21.0. The summed E-state index contributed by atoms with van der Waals surface area (Å²) >= 11 is 4.18. The minimum atomic E-state index is -0.190. The lowest BCUT2D eigenvalue weighted by molar-refractivity contribution is -0.119. The van der Waals surface area contributed by atoms with Gasteiger partial charge in [0, 0.05) is 25.0 Å². The van der Waals surface area contributed by atoms with Crippen LogP contribution in [0.2, 0.25) is 0 Å². The molecule has 7 nitrogen and oxygen atoms in total. The molecule has 0 saturated carbocycles. The fraction of sp³-hybridized carbons (Fsp3) is 0.421. The van der Waals surface area contributed by atoms with Gasteiger partial charge in [-0.05, 0) is 64.0 Å². The van der Waals surface area contributed by atoms with Crippen LogP contribution >= 0.6 is 12.8 Å². The van der Waals surface area contributed by atoms with Crippen LogP contribution in [0, 0.1) is 6.92 Å². The molecule has 0 bridgehead atoms. The van der Waals surface area contributed by atoms with E-state index in [1.807, 2.05) is 50.9 Å². The maximum atomic E-state index is 12.9. The van der Waals surface area contributed by atoms with Crippen molar-refractivity contribution >= 4 is 36.0 Å². The van der Waals surface area contributed by atoms with Crippen LogP contribution < -0.4 is 9.80 Å². The van der Waals surface area contributed by atoms with Crippen LogP contribution in [0.5, 0.6) is 0 Å². The summed E-state index contributed by atoms with van der Waals surface area (Å²) in [6.45, 7) is 7.49. The number of hydrogen-bond acceptors (Lipinski definition) is 5. The zero-order valence-corrected chi connectivity index (χ0v) is 17.4. The Kier molecular flexibility index (Phi) is 7.04. The average molecular weight is 390 g/mol. The molecule has 0 aliphatic rings. The normalized spacial score (nSPS) is 10.9. The number of rotatable bonds is 7. The molecule has 0 unspecified atom stereocenters. The fourth-order valence-electron chi connectivity index (χ4n) is 2.70. The van der Waals surface area contributed by atoms with Crippen molar-refractivity contribution in [3.05, 3.63) is 41.7 Å². The van der Waals surface area contributed by atoms with E-state index < -0.39 is 0 Å². The van der Waals surface area contributed by atoms with Crippen molar-refractivity contribution in [1.29, 1.82) is 0 Å². The molecule has 2 amide bonds. The monoisotopic (exact) mass is 389 g/mol. The van der Waals surface area contributed by atoms with E-state index in [-0.39, 0.29) is 11.8 Å². The third kappa shape index (κ3) is 4.70. The second-order valence-corrected chi connectivity index (χ2v) is 6.79. The highest BCUT2D eigenvalue weighted by Crippen LogP contribution is 2.27. The van der Waals surface area contributed by atoms with Gasteiger partial charge in [0.1, 0.15) is 5.69 Å². The number of aromatic nitrogens is 2. The Balaban J connectivity index is 2.34. The van der Waals surface area contributed by atoms with E-state index in [1.165, 1.54) is 10.3 Å². The Morgan fingerprint density at radius 2 is 1.85 bits per heavy atom. The molecular formula is C19H27N5O2S. The number of likely N-dealkylation sites (N-methyl/N-ethyl adjacent to an activating group) is 2. The van der Waals surface area contributed by atoms with Gasteiger partial charge in [-0.25, -0.2) is 4.09 Å². The number of amides is 2. The van der Waals surface area contributed by atoms with Crippen molar-refractivity contribution in [3.63, 3.8) is 0 Å². The van der Waals surface area contributed by atoms with E-state index in [1.54, 1.807) is 22.9 Å². The first-order valence-corrected chi connectivity index (χ1v) is 9.31. The molecule has 8 heteroatoms. The maximum absolute atomic E-state index is 12.9. The van der Waals surface area contributed by atoms with Gasteiger partial charge in [-0.3, -0.25) is 14.5 Å². The summed E-state index contributed by atoms with van der Waals surface area (Å²) in [7, 11) is 3.66. The smallest absolute Gasteiger partial charge is 0.277 e. The summed E-state index contributed by atoms with van der Waals surface area (Å²) in [4.78, 5) is 30.7. The van der Waals surface area contributed by atoms with Gasteiger partial charge in [0.15, 0.2) is 0 Å². The van der Waals surface area contributed by atoms with Crippen LogP contribution in [0.4, 0.5) is 11.4 Å². The molecule has 0 aliphatic carbocycles. The molecular weight excluding hydrogens is 362 g/mol. The van der Waals surface area contributed by atoms with Crippen molar-refractivity contribution < 1.29 is 9.59 Å². The molecule has 0 atom stereocenters. The Morgan fingerprint density at radius 3 is 2.41 bits per heavy atom. The van der Waals surface area contributed by atoms with Gasteiger partial charge >= 0.3 is 0 Å². The first-order valence-electron chi connectivity index (χ1n) is 8.91. The van der Waals surface area contributed by atoms with E-state index in [0.717, 1.165) is 23.5 Å². The first-order chi connectivity index (χ1) is 12.8. The molecule has 2 rings (SSSR count). The quantitative estimate of drug-likeness (QED) is 0.739. The van der Waals surface area contributed by atoms with Crippen molar-refractivity contribution in [2.45, 2.75) is 20.8 Å². The number of thiol groups is 1. The summed E-state index contributed by atoms with van der Waals surface area (Å²) in [5.41, 5.74) is 2.85. The highest BCUT2D eigenvalue weighted by Gasteiger charge is 2.22. The molecule has 0 N–H and O–H groups in total. The third-order valence-electron chi connectivity index (χ3n) is 4.59. The van der Waals surface area contributed by atoms with Crippen LogP contribution in [0.1, 0.15) is 29.9 Å². The van der Waals surface area contributed by atoms with Crippen LogP contribution in [0.15, 0.2) is 30.5 Å². The number of benzene rings is 1. The van der Waals surface area contributed by atoms with Gasteiger partial charge in [-0.1, -0.05) is 13.0 Å². The summed E-state index contributed by atoms with van der Waals surface area (Å²) < 4.78 is 1.26. The van der Waals surface area contributed by atoms with E-state index in [0.29, 0.717) is 18.8 Å². The van der Waals surface area contributed by atoms with E-state index in [9.17, 15) is 9.59 Å². The molecule has 0 spiro atoms. The van der Waals surface area contributed by atoms with Crippen molar-refractivity contribution in [3.8, 4) is 0 Å². The lowest BCUT2D eigenvalue weighted by Gasteiger charge is -2.26. The van der Waals surface area contributed by atoms with Crippen LogP contribution in [-0.4, -0.2) is 59.6 Å². The summed E-state index contributed by atoms with van der Waals surface area (Å²) in [6, 6.07) is 7.32. The molecule has 146 valence electrons. The van der Waals surface area contributed by atoms with Crippen LogP contribution in [-0.2, 0) is 4.79 Å². The average Bonchev–Trinajstić information content (AvgIpc) is 3.08. The molecule has 27 heavy (non-hydrogen) atoms. The molecule has 0 aliphatic heterocycles. The number of hydrogen-bond donors (Lipinski definition) is 1. The number of anilines is 2. The van der Waals surface area contributed by atoms with Gasteiger partial charge < -0.3 is 9.80 Å². The Morgan fingerprint density at radius 1 is 1.15 bits per heavy atom. The Labute approximate surface area is 166 Å². The maximum Gasteiger partial charge on any atom is 0.277 e. The lowest BCUT2D eigenvalue weighted by atomic mass is 10.1. The summed E-state index contributed by atoms with van der Waals surface area (Å²) in [5, 5.41) is 3.95. The summed E-state index contributed by atoms with van der Waals surface area (Å²) in [6.07, 6.45) is 1.54. The highest BCUT2D eigenvalue weighted by atomic mass is 32.1. The molecule has 0 radical (unpaired) electrons. The lowest BCUT2D eigenvalue weighted by Crippen LogP contribution is -2.37. The van der Waals surface area contributed by atoms with Crippen molar-refractivity contribution in [2.75, 3.05) is 43.5 Å². The number of carbonyl (C=O) groups excluding carboxylic acids is 2. The van der Waals surface area contributed by atoms with Gasteiger partial charge in [0.25, 0.3) is 5.91 Å². The second-order valence-electron chi connectivity index (χ2n) is 6.41. The highest BCUT2D eigenvalue weighted by molar-refractivity contribution is 7.78. The Bertz CT molecular complexity index is 820. The second kappa shape index (κ2) is 9.05. The van der Waals surface area contributed by atoms with Crippen LogP contribution in [0.25, 0.3) is 0 Å². The van der Waals surface area contributed by atoms with Gasteiger partial charge in [0.05, 0.1) is 12.7 Å². The largest absolute Gasteiger partial charge is 0.314 e. The third-order valence-corrected chi connectivity index (χ3v) is 4.91. The zero-order chi connectivity index (χ0) is 20.1. The number of nitrogens with zero attached hydrogens (tertiary/aromatic N) is 5. The molecule has 0 fully saturated rings. The van der Waals surface area contributed by atoms with Gasteiger partial charge in [0.2, 0.25) is 5.91 Å². The predicted molar refractivity (Wildman–Crippen MR) is 112 cm³/mol. The molecule has 2 aromatic rings. The van der Waals surface area contributed by atoms with Crippen molar-refractivity contribution in [1.82, 2.24) is 14.1 Å². The van der Waals surface area contributed by atoms with E-state index in [2.05, 4.69) is 17.9 Å². The number of aryl methyl sites for hydroxylation is 1. The topological polar surface area (TPSA) is 61.7 Å². The SMILES string of the molecule is CCN(C)CC(=O)N(C)c1ccc(C)c(N(CC)C(=O)c2ccnn2S)c1. The minimum Gasteiger partial charge on any atom is -0.314 e. The Hall–Kier alpha value is -2.32. The fourth-order valence-corrected chi connectivity index (χ4v) is 2.92. The molecule has 1 aromatic carbocycles. The molecule has 1 aromatic heterocycles. The van der Waals surface area contributed by atoms with Crippen LogP contribution in [0.3, 0.4) is 0 Å². The molecule has 0 saturated heterocycles. The van der Waals surface area contributed by atoms with Gasteiger partial charge in [-0.2, -0.15) is 5.10 Å². The number of carbonyl (C=O) groups is 2. The van der Waals surface area contributed by atoms with E-state index >= 15 is 0 Å². The van der Waals surface area contributed by atoms with E-state index in [4.69, 9.17) is 0 Å². The predicted octanol–water partition coefficient (Wildman–Crippen LogP) is 2.47. The zero-order valence-electron chi connectivity index (χ0n) is 16.5. The standard InChI is InChI=1S/C19H27N5O2S/c1-6-21(4)13-18(25)22(5)15-9-8-14(3)17(12-15)23(7-2)19(26)16-10-11-20-24(16)27/h8-12,27H,6-7,13H2,1-5H3. The van der Waals surface area contributed by atoms with Crippen molar-refractivity contribution in [2.24, 2.45) is 0 Å².